The summed E-state index contributed by atoms with van der Waals surface area (Å²) in [4.78, 5) is 107. The van der Waals surface area contributed by atoms with Gasteiger partial charge in [0.25, 0.3) is 16.0 Å². The molecule has 0 aromatic heterocycles. The summed E-state index contributed by atoms with van der Waals surface area (Å²) in [6.45, 7) is 28.1. The van der Waals surface area contributed by atoms with Crippen molar-refractivity contribution in [1.29, 1.82) is 0 Å². The lowest BCUT2D eigenvalue weighted by Crippen LogP contribution is -2.70. The molecule has 6 N–H and O–H groups in total. The second-order valence-electron chi connectivity index (χ2n) is 25.3. The molecule has 82 heavy (non-hydrogen) atoms. The van der Waals surface area contributed by atoms with Crippen LogP contribution >= 0.6 is 0 Å². The van der Waals surface area contributed by atoms with Gasteiger partial charge < -0.3 is 84.0 Å². The Kier molecular flexibility index (Phi) is 25.3. The van der Waals surface area contributed by atoms with Crippen LogP contribution in [0.4, 0.5) is 24.0 Å². The number of alkyl carbamates (subject to hydrolysis) is 5. The van der Waals surface area contributed by atoms with Crippen molar-refractivity contribution >= 4 is 58.4 Å². The molecule has 6 unspecified atom stereocenters. The van der Waals surface area contributed by atoms with Gasteiger partial charge >= 0.3 is 42.4 Å². The molecule has 29 heteroatoms. The maximum absolute atomic E-state index is 14.7. The van der Waals surface area contributed by atoms with Crippen LogP contribution in [0.25, 0.3) is 0 Å². The monoisotopic (exact) mass is 1200 g/mol. The number of esters is 2. The Morgan fingerprint density at radius 3 is 1.39 bits per heavy atom. The van der Waals surface area contributed by atoms with Gasteiger partial charge in [-0.1, -0.05) is 6.92 Å². The number of carbonyl (C=O) groups excluding carboxylic acids is 8. The molecule has 0 bridgehead atoms. The van der Waals surface area contributed by atoms with Crippen LogP contribution in [-0.4, -0.2) is 184 Å². The van der Waals surface area contributed by atoms with Crippen molar-refractivity contribution in [3.05, 3.63) is 0 Å². The molecule has 1 saturated carbocycles. The fourth-order valence-electron chi connectivity index (χ4n) is 8.71. The zero-order chi connectivity index (χ0) is 62.5. The summed E-state index contributed by atoms with van der Waals surface area (Å²) in [5.74, 6) is -2.77. The summed E-state index contributed by atoms with van der Waals surface area (Å²) in [5.41, 5.74) is -4.81. The van der Waals surface area contributed by atoms with Crippen LogP contribution in [0.1, 0.15) is 163 Å². The number of nitrogens with one attached hydrogen (secondary N) is 6. The van der Waals surface area contributed by atoms with E-state index in [9.17, 15) is 46.8 Å². The smallest absolute Gasteiger partial charge is 0.408 e. The minimum absolute atomic E-state index is 0.0473. The first kappa shape index (κ1) is 70.8. The highest BCUT2D eigenvalue weighted by Crippen LogP contribution is 2.36. The van der Waals surface area contributed by atoms with E-state index >= 15 is 0 Å². The van der Waals surface area contributed by atoms with Crippen LogP contribution in [0.2, 0.25) is 0 Å². The van der Waals surface area contributed by atoms with Crippen LogP contribution in [0.3, 0.4) is 0 Å². The zero-order valence-electron chi connectivity index (χ0n) is 51.1. The van der Waals surface area contributed by atoms with Gasteiger partial charge in [-0.15, -0.1) is 0 Å². The van der Waals surface area contributed by atoms with Crippen molar-refractivity contribution in [3.63, 3.8) is 0 Å². The molecule has 2 aliphatic heterocycles. The van der Waals surface area contributed by atoms with Gasteiger partial charge in [-0.05, 0) is 136 Å². The summed E-state index contributed by atoms with van der Waals surface area (Å²) in [6.07, 6.45) is -17.6. The number of ether oxygens (including phenoxy) is 11. The predicted octanol–water partition coefficient (Wildman–Crippen LogP) is 5.00. The largest absolute Gasteiger partial charge is 0.455 e. The third-order valence-corrected chi connectivity index (χ3v) is 12.1. The maximum Gasteiger partial charge on any atom is 0.408 e. The number of rotatable bonds is 19. The highest BCUT2D eigenvalue weighted by Gasteiger charge is 2.55. The lowest BCUT2D eigenvalue weighted by Gasteiger charge is -2.50. The van der Waals surface area contributed by atoms with Crippen LogP contribution in [0.15, 0.2) is 0 Å². The van der Waals surface area contributed by atoms with Crippen LogP contribution in [0, 0.1) is 0 Å². The zero-order valence-corrected chi connectivity index (χ0v) is 51.9. The molecule has 2 heterocycles. The summed E-state index contributed by atoms with van der Waals surface area (Å²) in [5, 5.41) is 16.2. The van der Waals surface area contributed by atoms with Crippen molar-refractivity contribution in [1.82, 2.24) is 31.9 Å². The third-order valence-electron chi connectivity index (χ3n) is 11.5. The molecule has 2 saturated heterocycles. The lowest BCUT2D eigenvalue weighted by molar-refractivity contribution is -0.300. The van der Waals surface area contributed by atoms with Crippen molar-refractivity contribution in [3.8, 4) is 0 Å². The second kappa shape index (κ2) is 29.4. The number of hydrogen-bond acceptors (Lipinski definition) is 22. The standard InChI is InChI=1S/C53H92N6O22S/c1-20-30-25-33(58-47(66)79-52(13,14)15)39(71-29(3)61)43(72-30)75-37-34(56-41(62)36(70-28(2)60)23-24-54-44(63)76-49(4,5)6)26-35(59-48(67)80-53(16,17)18)38(40(37)81-82(19,68)69)74-42-32(57-46(65)78-51(10,11)12)22-21-31(73-42)27-55-45(64)77-50(7,8)9/h30-40,42-43H,20-27H2,1-19H3,(H,54,63)(H,55,64)(H,56,62)(H,57,65)(H,58,66)(H,59,67)/t30?,31?,32?,33-,34+,35-,36-,37+,38?,39?,40?,42-,43-/m0/s1. The van der Waals surface area contributed by atoms with Gasteiger partial charge in [0, 0.05) is 33.4 Å². The Morgan fingerprint density at radius 2 is 0.939 bits per heavy atom. The summed E-state index contributed by atoms with van der Waals surface area (Å²) in [7, 11) is -4.69. The van der Waals surface area contributed by atoms with Gasteiger partial charge in [-0.2, -0.15) is 8.42 Å². The Bertz CT molecular complexity index is 2310. The number of carbonyl (C=O) groups is 8. The second-order valence-corrected chi connectivity index (χ2v) is 26.9. The van der Waals surface area contributed by atoms with E-state index in [0.29, 0.717) is 6.26 Å². The molecular formula is C53H92N6O22S. The van der Waals surface area contributed by atoms with Crippen LogP contribution < -0.4 is 31.9 Å². The topological polar surface area (TPSA) is 354 Å². The number of hydrogen-bond donors (Lipinski definition) is 6. The molecule has 0 aromatic rings. The molecule has 6 amide bonds. The first-order valence-electron chi connectivity index (χ1n) is 27.4. The first-order valence-corrected chi connectivity index (χ1v) is 29.3. The molecule has 3 rings (SSSR count). The van der Waals surface area contributed by atoms with E-state index in [-0.39, 0.29) is 45.2 Å². The minimum Gasteiger partial charge on any atom is -0.455 e. The average molecular weight is 1200 g/mol. The third kappa shape index (κ3) is 26.8. The van der Waals surface area contributed by atoms with E-state index < -0.39 is 172 Å². The highest BCUT2D eigenvalue weighted by molar-refractivity contribution is 7.86. The van der Waals surface area contributed by atoms with Crippen molar-refractivity contribution in [2.45, 2.75) is 271 Å². The fourth-order valence-corrected chi connectivity index (χ4v) is 9.33. The SMILES string of the molecule is CCC1C[C@H](NC(=O)OC(C)(C)C)C(OC(C)=O)[C@H](O[C@H]2C(OS(C)(=O)=O)C(O[C@@H]3OC(CNC(=O)OC(C)(C)C)CCC3NC(=O)OC(C)(C)C)[C@@H](NC(=O)OC(C)(C)C)C[C@H]2NC(=O)[C@H](CCNC(=O)OC(C)(C)C)OC(C)=O)O1. The van der Waals surface area contributed by atoms with Crippen LogP contribution in [-0.2, 0) is 80.8 Å². The normalized spacial score (nSPS) is 26.7. The van der Waals surface area contributed by atoms with Crippen molar-refractivity contribution < 1.29 is 103 Å². The van der Waals surface area contributed by atoms with Gasteiger partial charge in [0.2, 0.25) is 0 Å². The molecule has 1 aliphatic carbocycles. The number of amides is 6. The molecule has 13 atom stereocenters. The van der Waals surface area contributed by atoms with Gasteiger partial charge in [-0.25, -0.2) is 24.0 Å². The van der Waals surface area contributed by atoms with Gasteiger partial charge in [0.1, 0.15) is 46.3 Å². The highest BCUT2D eigenvalue weighted by atomic mass is 32.2. The quantitative estimate of drug-likeness (QED) is 0.0563. The van der Waals surface area contributed by atoms with E-state index in [1.165, 1.54) is 0 Å². The van der Waals surface area contributed by atoms with E-state index in [1.54, 1.807) is 111 Å². The molecule has 0 spiro atoms. The van der Waals surface area contributed by atoms with E-state index in [4.69, 9.17) is 56.3 Å². The van der Waals surface area contributed by atoms with E-state index in [1.807, 2.05) is 0 Å². The Balaban J connectivity index is 2.38. The van der Waals surface area contributed by atoms with Gasteiger partial charge in [0.15, 0.2) is 24.8 Å². The molecule has 472 valence electrons. The molecular weight excluding hydrogens is 1100 g/mol. The first-order chi connectivity index (χ1) is 37.4. The fraction of sp³-hybridized carbons (Fsp3) is 0.849. The van der Waals surface area contributed by atoms with E-state index in [0.717, 1.165) is 13.8 Å². The maximum atomic E-state index is 14.7. The summed E-state index contributed by atoms with van der Waals surface area (Å²) < 4.78 is 98.9. The van der Waals surface area contributed by atoms with Crippen molar-refractivity contribution in [2.75, 3.05) is 19.3 Å². The van der Waals surface area contributed by atoms with E-state index in [2.05, 4.69) is 31.9 Å². The average Bonchev–Trinajstić information content (AvgIpc) is 3.49. The van der Waals surface area contributed by atoms with Crippen molar-refractivity contribution in [2.24, 2.45) is 0 Å². The molecule has 3 aliphatic rings. The van der Waals surface area contributed by atoms with Gasteiger partial charge in [0.05, 0.1) is 42.6 Å². The van der Waals surface area contributed by atoms with Gasteiger partial charge in [-0.3, -0.25) is 18.6 Å². The lowest BCUT2D eigenvalue weighted by atomic mass is 9.83. The Morgan fingerprint density at radius 1 is 0.512 bits per heavy atom. The predicted molar refractivity (Wildman–Crippen MR) is 291 cm³/mol. The Labute approximate surface area is 481 Å². The minimum atomic E-state index is -4.69. The van der Waals surface area contributed by atoms with Crippen LogP contribution in [0.5, 0.6) is 0 Å². The molecule has 0 aromatic carbocycles. The molecule has 28 nitrogen and oxygen atoms in total. The Hall–Kier alpha value is -5.49. The molecule has 0 radical (unpaired) electrons. The summed E-state index contributed by atoms with van der Waals surface area (Å²) in [6, 6.07) is -5.19. The summed E-state index contributed by atoms with van der Waals surface area (Å²) >= 11 is 0. The molecule has 3 fully saturated rings.